The van der Waals surface area contributed by atoms with E-state index in [2.05, 4.69) is 15.0 Å². The molecule has 0 saturated carbocycles. The van der Waals surface area contributed by atoms with Crippen LogP contribution >= 0.6 is 0 Å². The smallest absolute Gasteiger partial charge is 0.220 e. The molecule has 0 bridgehead atoms. The molecule has 0 fully saturated rings. The summed E-state index contributed by atoms with van der Waals surface area (Å²) >= 11 is 0. The van der Waals surface area contributed by atoms with E-state index in [1.54, 1.807) is 42.6 Å². The Morgan fingerprint density at radius 3 is 2.62 bits per heavy atom. The largest absolute Gasteiger partial charge is 0.436 e. The van der Waals surface area contributed by atoms with Crippen molar-refractivity contribution in [3.8, 4) is 23.1 Å². The average Bonchev–Trinajstić information content (AvgIpc) is 2.50. The molecule has 0 unspecified atom stereocenters. The molecule has 3 rings (SSSR count). The molecule has 0 aliphatic rings. The zero-order valence-electron chi connectivity index (χ0n) is 11.3. The second-order valence-corrected chi connectivity index (χ2v) is 4.42. The number of aromatic nitrogens is 3. The molecule has 3 aromatic rings. The van der Waals surface area contributed by atoms with Crippen molar-refractivity contribution in [2.75, 3.05) is 0 Å². The van der Waals surface area contributed by atoms with Crippen molar-refractivity contribution in [3.63, 3.8) is 0 Å². The lowest BCUT2D eigenvalue weighted by Crippen LogP contribution is -1.95. The van der Waals surface area contributed by atoms with Crippen LogP contribution < -0.4 is 4.74 Å². The Kier molecular flexibility index (Phi) is 3.55. The average molecular weight is 281 g/mol. The van der Waals surface area contributed by atoms with Crippen LogP contribution in [0.4, 0.5) is 4.39 Å². The first kappa shape index (κ1) is 13.2. The van der Waals surface area contributed by atoms with Crippen LogP contribution in [-0.2, 0) is 0 Å². The van der Waals surface area contributed by atoms with Gasteiger partial charge in [-0.15, -0.1) is 0 Å². The van der Waals surface area contributed by atoms with E-state index in [0.717, 1.165) is 5.69 Å². The molecule has 0 saturated heterocycles. The zero-order valence-corrected chi connectivity index (χ0v) is 11.3. The van der Waals surface area contributed by atoms with E-state index < -0.39 is 5.82 Å². The van der Waals surface area contributed by atoms with Crippen molar-refractivity contribution in [1.82, 2.24) is 15.0 Å². The lowest BCUT2D eigenvalue weighted by Gasteiger charge is -2.07. The second-order valence-electron chi connectivity index (χ2n) is 4.42. The Bertz CT molecular complexity index is 777. The molecule has 0 spiro atoms. The molecule has 1 aromatic carbocycles. The van der Waals surface area contributed by atoms with Crippen LogP contribution in [0.25, 0.3) is 11.5 Å². The first-order chi connectivity index (χ1) is 10.2. The fourth-order valence-electron chi connectivity index (χ4n) is 1.81. The number of hydrogen-bond acceptors (Lipinski definition) is 4. The molecular weight excluding hydrogens is 269 g/mol. The number of benzene rings is 1. The Balaban J connectivity index is 1.92. The molecule has 104 valence electrons. The van der Waals surface area contributed by atoms with Gasteiger partial charge in [0.2, 0.25) is 5.88 Å². The Labute approximate surface area is 121 Å². The van der Waals surface area contributed by atoms with Gasteiger partial charge in [0.15, 0.2) is 17.4 Å². The highest BCUT2D eigenvalue weighted by molar-refractivity contribution is 5.50. The van der Waals surface area contributed by atoms with E-state index in [9.17, 15) is 4.39 Å². The standard InChI is InChI=1S/C16H12FN3O/c1-11-9-10-18-16(19-11)13-6-4-8-15(20-13)21-14-7-3-2-5-12(14)17/h2-10H,1H3. The molecule has 21 heavy (non-hydrogen) atoms. The number of ether oxygens (including phenoxy) is 1. The van der Waals surface area contributed by atoms with Gasteiger partial charge in [-0.3, -0.25) is 0 Å². The quantitative estimate of drug-likeness (QED) is 0.733. The molecule has 0 atom stereocenters. The summed E-state index contributed by atoms with van der Waals surface area (Å²) in [4.78, 5) is 12.8. The van der Waals surface area contributed by atoms with Gasteiger partial charge in [0.1, 0.15) is 5.69 Å². The molecule has 0 radical (unpaired) electrons. The van der Waals surface area contributed by atoms with Crippen LogP contribution in [0, 0.1) is 12.7 Å². The molecular formula is C16H12FN3O. The van der Waals surface area contributed by atoms with Gasteiger partial charge in [-0.05, 0) is 31.2 Å². The molecule has 2 aromatic heterocycles. The number of hydrogen-bond donors (Lipinski definition) is 0. The number of para-hydroxylation sites is 1. The Hall–Kier alpha value is -2.82. The SMILES string of the molecule is Cc1ccnc(-c2cccc(Oc3ccccc3F)n2)n1. The van der Waals surface area contributed by atoms with Crippen LogP contribution in [0.3, 0.4) is 0 Å². The maximum Gasteiger partial charge on any atom is 0.220 e. The van der Waals surface area contributed by atoms with Gasteiger partial charge in [-0.1, -0.05) is 18.2 Å². The molecule has 0 aliphatic heterocycles. The van der Waals surface area contributed by atoms with Gasteiger partial charge in [-0.25, -0.2) is 19.3 Å². The molecule has 2 heterocycles. The summed E-state index contributed by atoms with van der Waals surface area (Å²) in [5.74, 6) is 0.500. The van der Waals surface area contributed by atoms with Crippen molar-refractivity contribution in [2.24, 2.45) is 0 Å². The summed E-state index contributed by atoms with van der Waals surface area (Å²) in [6.07, 6.45) is 1.67. The van der Waals surface area contributed by atoms with Gasteiger partial charge >= 0.3 is 0 Å². The van der Waals surface area contributed by atoms with Gasteiger partial charge in [0.05, 0.1) is 0 Å². The third kappa shape index (κ3) is 3.02. The summed E-state index contributed by atoms with van der Waals surface area (Å²) in [6.45, 7) is 1.88. The molecule has 5 heteroatoms. The van der Waals surface area contributed by atoms with Crippen molar-refractivity contribution in [3.05, 3.63) is 66.2 Å². The van der Waals surface area contributed by atoms with Crippen LogP contribution in [0.5, 0.6) is 11.6 Å². The molecule has 0 N–H and O–H groups in total. The Morgan fingerprint density at radius 1 is 0.952 bits per heavy atom. The van der Waals surface area contributed by atoms with Crippen LogP contribution in [0.15, 0.2) is 54.7 Å². The third-order valence-corrected chi connectivity index (χ3v) is 2.80. The predicted octanol–water partition coefficient (Wildman–Crippen LogP) is 3.78. The molecule has 0 aliphatic carbocycles. The van der Waals surface area contributed by atoms with Crippen LogP contribution in [0.2, 0.25) is 0 Å². The number of nitrogens with zero attached hydrogens (tertiary/aromatic N) is 3. The van der Waals surface area contributed by atoms with Crippen LogP contribution in [-0.4, -0.2) is 15.0 Å². The lowest BCUT2D eigenvalue weighted by molar-refractivity contribution is 0.428. The summed E-state index contributed by atoms with van der Waals surface area (Å²) < 4.78 is 19.0. The zero-order chi connectivity index (χ0) is 14.7. The number of halogens is 1. The fourth-order valence-corrected chi connectivity index (χ4v) is 1.81. The number of rotatable bonds is 3. The fraction of sp³-hybridized carbons (Fsp3) is 0.0625. The molecule has 0 amide bonds. The molecule has 4 nitrogen and oxygen atoms in total. The lowest BCUT2D eigenvalue weighted by atomic mass is 10.3. The van der Waals surface area contributed by atoms with Gasteiger partial charge in [0.25, 0.3) is 0 Å². The van der Waals surface area contributed by atoms with Crippen molar-refractivity contribution in [1.29, 1.82) is 0 Å². The van der Waals surface area contributed by atoms with E-state index in [1.807, 2.05) is 13.0 Å². The van der Waals surface area contributed by atoms with E-state index in [4.69, 9.17) is 4.74 Å². The first-order valence-corrected chi connectivity index (χ1v) is 6.42. The second kappa shape index (κ2) is 5.66. The van der Waals surface area contributed by atoms with E-state index in [1.165, 1.54) is 6.07 Å². The van der Waals surface area contributed by atoms with Gasteiger partial charge < -0.3 is 4.74 Å². The van der Waals surface area contributed by atoms with Crippen LogP contribution in [0.1, 0.15) is 5.69 Å². The topological polar surface area (TPSA) is 47.9 Å². The third-order valence-electron chi connectivity index (χ3n) is 2.80. The van der Waals surface area contributed by atoms with E-state index in [0.29, 0.717) is 17.4 Å². The van der Waals surface area contributed by atoms with Crippen molar-refractivity contribution in [2.45, 2.75) is 6.92 Å². The number of aryl methyl sites for hydroxylation is 1. The maximum absolute atomic E-state index is 13.6. The number of pyridine rings is 1. The first-order valence-electron chi connectivity index (χ1n) is 6.42. The summed E-state index contributed by atoms with van der Waals surface area (Å²) in [7, 11) is 0. The van der Waals surface area contributed by atoms with Crippen molar-refractivity contribution >= 4 is 0 Å². The minimum atomic E-state index is -0.434. The van der Waals surface area contributed by atoms with Gasteiger partial charge in [0, 0.05) is 18.0 Å². The highest BCUT2D eigenvalue weighted by Crippen LogP contribution is 2.24. The minimum Gasteiger partial charge on any atom is -0.436 e. The summed E-state index contributed by atoms with van der Waals surface area (Å²) in [5.41, 5.74) is 1.43. The summed E-state index contributed by atoms with van der Waals surface area (Å²) in [6, 6.07) is 13.2. The predicted molar refractivity (Wildman–Crippen MR) is 76.5 cm³/mol. The van der Waals surface area contributed by atoms with E-state index in [-0.39, 0.29) is 5.75 Å². The Morgan fingerprint density at radius 2 is 1.81 bits per heavy atom. The minimum absolute atomic E-state index is 0.132. The monoisotopic (exact) mass is 281 g/mol. The maximum atomic E-state index is 13.6. The van der Waals surface area contributed by atoms with Crippen molar-refractivity contribution < 1.29 is 9.13 Å². The van der Waals surface area contributed by atoms with E-state index >= 15 is 0 Å². The summed E-state index contributed by atoms with van der Waals surface area (Å²) in [5, 5.41) is 0. The normalized spacial score (nSPS) is 10.4. The van der Waals surface area contributed by atoms with Gasteiger partial charge in [-0.2, -0.15) is 0 Å². The highest BCUT2D eigenvalue weighted by Gasteiger charge is 2.07. The highest BCUT2D eigenvalue weighted by atomic mass is 19.1.